The molecule has 27 heavy (non-hydrogen) atoms. The van der Waals surface area contributed by atoms with Crippen LogP contribution in [0.15, 0.2) is 30.3 Å². The average Bonchev–Trinajstić information content (AvgIpc) is 3.30. The molecule has 0 aromatic heterocycles. The fraction of sp³-hybridized carbons (Fsp3) is 0.619. The van der Waals surface area contributed by atoms with Crippen LogP contribution in [0.4, 0.5) is 4.79 Å². The zero-order valence-electron chi connectivity index (χ0n) is 16.1. The molecule has 6 heteroatoms. The molecule has 3 amide bonds. The molecule has 3 fully saturated rings. The lowest BCUT2D eigenvalue weighted by Crippen LogP contribution is -2.58. The third-order valence-electron chi connectivity index (χ3n) is 6.45. The number of carbonyl (C=O) groups is 2. The zero-order valence-corrected chi connectivity index (χ0v) is 16.9. The van der Waals surface area contributed by atoms with Crippen LogP contribution in [0.25, 0.3) is 0 Å². The lowest BCUT2D eigenvalue weighted by atomic mass is 9.85. The van der Waals surface area contributed by atoms with E-state index in [4.69, 9.17) is 0 Å². The summed E-state index contributed by atoms with van der Waals surface area (Å²) in [4.78, 5) is 32.1. The van der Waals surface area contributed by atoms with Gasteiger partial charge in [-0.2, -0.15) is 11.8 Å². The first-order valence-electron chi connectivity index (χ1n) is 10.1. The number of imide groups is 1. The molecule has 3 heterocycles. The van der Waals surface area contributed by atoms with Gasteiger partial charge in [0.2, 0.25) is 0 Å². The Morgan fingerprint density at radius 1 is 1.15 bits per heavy atom. The third kappa shape index (κ3) is 3.38. The molecule has 1 aromatic carbocycles. The zero-order chi connectivity index (χ0) is 18.9. The van der Waals surface area contributed by atoms with Gasteiger partial charge in [0.1, 0.15) is 5.54 Å². The molecule has 0 aliphatic carbocycles. The monoisotopic (exact) mass is 387 g/mol. The molecule has 5 nitrogen and oxygen atoms in total. The minimum Gasteiger partial charge on any atom is -0.309 e. The number of thioether (sulfide) groups is 1. The Kier molecular flexibility index (Phi) is 5.46. The number of hydrogen-bond acceptors (Lipinski definition) is 4. The van der Waals surface area contributed by atoms with Crippen molar-refractivity contribution in [1.29, 1.82) is 0 Å². The van der Waals surface area contributed by atoms with Gasteiger partial charge in [0.15, 0.2) is 0 Å². The van der Waals surface area contributed by atoms with Crippen LogP contribution >= 0.6 is 11.8 Å². The van der Waals surface area contributed by atoms with Crippen LogP contribution in [-0.2, 0) is 11.2 Å². The summed E-state index contributed by atoms with van der Waals surface area (Å²) in [5.41, 5.74) is 0.590. The van der Waals surface area contributed by atoms with Crippen molar-refractivity contribution in [2.75, 3.05) is 37.7 Å². The molecule has 0 radical (unpaired) electrons. The Balaban J connectivity index is 1.50. The maximum atomic E-state index is 13.2. The Morgan fingerprint density at radius 3 is 2.52 bits per heavy atom. The molecule has 1 unspecified atom stereocenters. The first-order valence-corrected chi connectivity index (χ1v) is 11.3. The summed E-state index contributed by atoms with van der Waals surface area (Å²) in [5, 5.41) is 0. The van der Waals surface area contributed by atoms with Gasteiger partial charge in [0.05, 0.1) is 0 Å². The van der Waals surface area contributed by atoms with Crippen molar-refractivity contribution in [3.05, 3.63) is 35.9 Å². The second-order valence-corrected chi connectivity index (χ2v) is 8.95. The number of carbonyl (C=O) groups excluding carboxylic acids is 2. The van der Waals surface area contributed by atoms with Crippen LogP contribution in [0.2, 0.25) is 0 Å². The number of piperidine rings is 1. The number of amides is 3. The Bertz CT molecular complexity index is 682. The SMILES string of the molecule is CCN1C(=O)N(CCc2ccccc2)C2(CCN(C3CCSC3)CC2)C1=O. The van der Waals surface area contributed by atoms with Gasteiger partial charge in [-0.15, -0.1) is 0 Å². The predicted molar refractivity (Wildman–Crippen MR) is 109 cm³/mol. The summed E-state index contributed by atoms with van der Waals surface area (Å²) >= 11 is 2.03. The Hall–Kier alpha value is -1.53. The van der Waals surface area contributed by atoms with Crippen molar-refractivity contribution in [3.63, 3.8) is 0 Å². The molecular formula is C21H29N3O2S. The summed E-state index contributed by atoms with van der Waals surface area (Å²) in [6, 6.07) is 10.8. The summed E-state index contributed by atoms with van der Waals surface area (Å²) in [5.74, 6) is 2.48. The van der Waals surface area contributed by atoms with Crippen molar-refractivity contribution >= 4 is 23.7 Å². The van der Waals surface area contributed by atoms with Crippen molar-refractivity contribution in [3.8, 4) is 0 Å². The van der Waals surface area contributed by atoms with Crippen LogP contribution in [0.1, 0.15) is 31.7 Å². The molecule has 3 saturated heterocycles. The highest BCUT2D eigenvalue weighted by Crippen LogP contribution is 2.38. The molecule has 1 atom stereocenters. The first kappa shape index (κ1) is 18.8. The van der Waals surface area contributed by atoms with Gasteiger partial charge in [-0.05, 0) is 43.9 Å². The van der Waals surface area contributed by atoms with Gasteiger partial charge in [0, 0.05) is 38.0 Å². The van der Waals surface area contributed by atoms with E-state index in [0.29, 0.717) is 19.1 Å². The fourth-order valence-electron chi connectivity index (χ4n) is 4.81. The van der Waals surface area contributed by atoms with Gasteiger partial charge in [-0.1, -0.05) is 30.3 Å². The van der Waals surface area contributed by atoms with E-state index in [9.17, 15) is 9.59 Å². The van der Waals surface area contributed by atoms with Gasteiger partial charge in [-0.3, -0.25) is 14.6 Å². The maximum Gasteiger partial charge on any atom is 0.327 e. The van der Waals surface area contributed by atoms with Crippen LogP contribution in [0, 0.1) is 0 Å². The van der Waals surface area contributed by atoms with Crippen LogP contribution in [0.3, 0.4) is 0 Å². The minimum atomic E-state index is -0.621. The molecule has 0 saturated carbocycles. The van der Waals surface area contributed by atoms with E-state index < -0.39 is 5.54 Å². The Morgan fingerprint density at radius 2 is 1.89 bits per heavy atom. The highest BCUT2D eigenvalue weighted by Gasteiger charge is 2.57. The second-order valence-electron chi connectivity index (χ2n) is 7.80. The predicted octanol–water partition coefficient (Wildman–Crippen LogP) is 2.85. The molecule has 0 N–H and O–H groups in total. The van der Waals surface area contributed by atoms with E-state index in [2.05, 4.69) is 17.0 Å². The molecule has 1 aromatic rings. The van der Waals surface area contributed by atoms with E-state index in [1.165, 1.54) is 28.4 Å². The van der Waals surface area contributed by atoms with Crippen LogP contribution in [0.5, 0.6) is 0 Å². The van der Waals surface area contributed by atoms with E-state index in [1.54, 1.807) is 0 Å². The topological polar surface area (TPSA) is 43.9 Å². The quantitative estimate of drug-likeness (QED) is 0.729. The smallest absolute Gasteiger partial charge is 0.309 e. The lowest BCUT2D eigenvalue weighted by molar-refractivity contribution is -0.135. The summed E-state index contributed by atoms with van der Waals surface area (Å²) in [6.45, 7) is 4.82. The molecule has 3 aliphatic rings. The number of likely N-dealkylation sites (tertiary alicyclic amines) is 1. The first-order chi connectivity index (χ1) is 13.2. The largest absolute Gasteiger partial charge is 0.327 e. The van der Waals surface area contributed by atoms with Crippen molar-refractivity contribution in [2.24, 2.45) is 0 Å². The molecule has 4 rings (SSSR count). The van der Waals surface area contributed by atoms with E-state index in [0.717, 1.165) is 32.4 Å². The molecular weight excluding hydrogens is 358 g/mol. The van der Waals surface area contributed by atoms with Gasteiger partial charge >= 0.3 is 6.03 Å². The second kappa shape index (κ2) is 7.84. The molecule has 0 bridgehead atoms. The number of rotatable bonds is 5. The van der Waals surface area contributed by atoms with E-state index >= 15 is 0 Å². The van der Waals surface area contributed by atoms with Gasteiger partial charge < -0.3 is 4.90 Å². The number of benzene rings is 1. The summed E-state index contributed by atoms with van der Waals surface area (Å²) < 4.78 is 0. The summed E-state index contributed by atoms with van der Waals surface area (Å²) in [7, 11) is 0. The van der Waals surface area contributed by atoms with Crippen LogP contribution < -0.4 is 0 Å². The molecule has 1 spiro atoms. The number of urea groups is 1. The third-order valence-corrected chi connectivity index (χ3v) is 7.60. The van der Waals surface area contributed by atoms with Crippen molar-refractivity contribution in [1.82, 2.24) is 14.7 Å². The van der Waals surface area contributed by atoms with Gasteiger partial charge in [-0.25, -0.2) is 4.79 Å². The molecule has 3 aliphatic heterocycles. The normalized spacial score (nSPS) is 25.7. The Labute approximate surface area is 166 Å². The summed E-state index contributed by atoms with van der Waals surface area (Å²) in [6.07, 6.45) is 3.58. The minimum absolute atomic E-state index is 0.0310. The number of hydrogen-bond donors (Lipinski definition) is 0. The highest BCUT2D eigenvalue weighted by atomic mass is 32.2. The molecule has 146 valence electrons. The standard InChI is InChI=1S/C21H29N3O2S/c1-2-23-19(25)21(10-13-22(14-11-21)18-9-15-27-16-18)24(20(23)26)12-8-17-6-4-3-5-7-17/h3-7,18H,2,8-16H2,1H3. The van der Waals surface area contributed by atoms with E-state index in [1.807, 2.05) is 41.8 Å². The average molecular weight is 388 g/mol. The van der Waals surface area contributed by atoms with E-state index in [-0.39, 0.29) is 11.9 Å². The van der Waals surface area contributed by atoms with Gasteiger partial charge in [0.25, 0.3) is 5.91 Å². The lowest BCUT2D eigenvalue weighted by Gasteiger charge is -2.44. The number of nitrogens with zero attached hydrogens (tertiary/aromatic N) is 3. The maximum absolute atomic E-state index is 13.2. The highest BCUT2D eigenvalue weighted by molar-refractivity contribution is 7.99. The van der Waals surface area contributed by atoms with Crippen LogP contribution in [-0.4, -0.2) is 75.9 Å². The van der Waals surface area contributed by atoms with Crippen molar-refractivity contribution in [2.45, 2.75) is 44.2 Å². The fourth-order valence-corrected chi connectivity index (χ4v) is 6.06. The number of likely N-dealkylation sites (N-methyl/N-ethyl adjacent to an activating group) is 1. The van der Waals surface area contributed by atoms with Crippen molar-refractivity contribution < 1.29 is 9.59 Å².